The first-order chi connectivity index (χ1) is 9.19. The molecule has 3 nitrogen and oxygen atoms in total. The summed E-state index contributed by atoms with van der Waals surface area (Å²) >= 11 is 7.78. The molecule has 2 rings (SSSR count). The minimum Gasteiger partial charge on any atom is -0.310 e. The largest absolute Gasteiger partial charge is 0.310 e. The van der Waals surface area contributed by atoms with Crippen molar-refractivity contribution in [2.45, 2.75) is 32.7 Å². The average Bonchev–Trinajstić information content (AvgIpc) is 2.76. The van der Waals surface area contributed by atoms with Gasteiger partial charge in [0.05, 0.1) is 0 Å². The van der Waals surface area contributed by atoms with Crippen LogP contribution in [0.1, 0.15) is 30.8 Å². The lowest BCUT2D eigenvalue weighted by atomic mass is 10.2. The zero-order chi connectivity index (χ0) is 13.8. The summed E-state index contributed by atoms with van der Waals surface area (Å²) in [5.41, 5.74) is 3.18. The van der Waals surface area contributed by atoms with Gasteiger partial charge in [-0.3, -0.25) is 0 Å². The fourth-order valence-electron chi connectivity index (χ4n) is 2.30. The SMILES string of the molecule is CSCCC(C)n1c(CCCl)nc2c(C)ccnc21. The molecule has 0 fully saturated rings. The Morgan fingerprint density at radius 1 is 1.47 bits per heavy atom. The Morgan fingerprint density at radius 2 is 2.26 bits per heavy atom. The smallest absolute Gasteiger partial charge is 0.160 e. The summed E-state index contributed by atoms with van der Waals surface area (Å²) in [4.78, 5) is 9.26. The third-order valence-corrected chi connectivity index (χ3v) is 4.19. The molecular weight excluding hydrogens is 278 g/mol. The van der Waals surface area contributed by atoms with Gasteiger partial charge in [0.2, 0.25) is 0 Å². The normalized spacial score (nSPS) is 13.1. The number of hydrogen-bond donors (Lipinski definition) is 0. The molecule has 0 aliphatic heterocycles. The molecule has 104 valence electrons. The second-order valence-corrected chi connectivity index (χ2v) is 6.13. The fourth-order valence-corrected chi connectivity index (χ4v) is 3.04. The van der Waals surface area contributed by atoms with E-state index in [4.69, 9.17) is 16.6 Å². The minimum absolute atomic E-state index is 0.407. The highest BCUT2D eigenvalue weighted by Gasteiger charge is 2.17. The van der Waals surface area contributed by atoms with Gasteiger partial charge in [-0.25, -0.2) is 9.97 Å². The predicted octanol–water partition coefficient (Wildman–Crippen LogP) is 3.84. The molecule has 0 aromatic carbocycles. The van der Waals surface area contributed by atoms with E-state index in [2.05, 4.69) is 29.7 Å². The van der Waals surface area contributed by atoms with Gasteiger partial charge in [0.1, 0.15) is 11.3 Å². The van der Waals surface area contributed by atoms with Crippen LogP contribution in [0.2, 0.25) is 0 Å². The number of aryl methyl sites for hydroxylation is 2. The predicted molar refractivity (Wildman–Crippen MR) is 84.4 cm³/mol. The summed E-state index contributed by atoms with van der Waals surface area (Å²) in [5, 5.41) is 0. The van der Waals surface area contributed by atoms with Crippen molar-refractivity contribution in [2.24, 2.45) is 0 Å². The standard InChI is InChI=1S/C14H20ClN3S/c1-10-5-8-16-14-13(10)17-12(4-7-15)18(14)11(2)6-9-19-3/h5,8,11H,4,6-7,9H2,1-3H3. The molecule has 0 amide bonds. The first-order valence-corrected chi connectivity index (χ1v) is 8.49. The van der Waals surface area contributed by atoms with Gasteiger partial charge in [-0.05, 0) is 43.9 Å². The van der Waals surface area contributed by atoms with E-state index in [0.29, 0.717) is 11.9 Å². The lowest BCUT2D eigenvalue weighted by Crippen LogP contribution is -2.11. The lowest BCUT2D eigenvalue weighted by molar-refractivity contribution is 0.525. The lowest BCUT2D eigenvalue weighted by Gasteiger charge is -2.16. The summed E-state index contributed by atoms with van der Waals surface area (Å²) < 4.78 is 2.26. The van der Waals surface area contributed by atoms with Crippen molar-refractivity contribution in [3.63, 3.8) is 0 Å². The topological polar surface area (TPSA) is 30.7 Å². The van der Waals surface area contributed by atoms with Gasteiger partial charge in [-0.2, -0.15) is 11.8 Å². The van der Waals surface area contributed by atoms with Crippen LogP contribution in [0.5, 0.6) is 0 Å². The summed E-state index contributed by atoms with van der Waals surface area (Å²) in [6.45, 7) is 4.32. The number of imidazole rings is 1. The molecule has 19 heavy (non-hydrogen) atoms. The second-order valence-electron chi connectivity index (χ2n) is 4.77. The maximum atomic E-state index is 5.91. The highest BCUT2D eigenvalue weighted by Crippen LogP contribution is 2.24. The molecule has 0 aliphatic rings. The molecule has 0 radical (unpaired) electrons. The monoisotopic (exact) mass is 297 g/mol. The molecule has 2 aromatic heterocycles. The Hall–Kier alpha value is -0.740. The molecule has 0 spiro atoms. The van der Waals surface area contributed by atoms with Crippen LogP contribution < -0.4 is 0 Å². The molecule has 0 saturated heterocycles. The molecule has 2 heterocycles. The van der Waals surface area contributed by atoms with Gasteiger partial charge in [0.15, 0.2) is 5.65 Å². The number of thioether (sulfide) groups is 1. The summed E-state index contributed by atoms with van der Waals surface area (Å²) in [6, 6.07) is 2.42. The highest BCUT2D eigenvalue weighted by atomic mass is 35.5. The van der Waals surface area contributed by atoms with Crippen LogP contribution >= 0.6 is 23.4 Å². The van der Waals surface area contributed by atoms with Crippen LogP contribution in [0.3, 0.4) is 0 Å². The Labute approximate surface area is 123 Å². The molecule has 1 unspecified atom stereocenters. The van der Waals surface area contributed by atoms with Crippen LogP contribution in [0.15, 0.2) is 12.3 Å². The summed E-state index contributed by atoms with van der Waals surface area (Å²) in [6.07, 6.45) is 5.92. The van der Waals surface area contributed by atoms with Crippen LogP contribution in [0.4, 0.5) is 0 Å². The fraction of sp³-hybridized carbons (Fsp3) is 0.571. The minimum atomic E-state index is 0.407. The van der Waals surface area contributed by atoms with Gasteiger partial charge in [0, 0.05) is 24.5 Å². The van der Waals surface area contributed by atoms with Crippen molar-refractivity contribution >= 4 is 34.5 Å². The van der Waals surface area contributed by atoms with Crippen LogP contribution in [-0.4, -0.2) is 32.4 Å². The van der Waals surface area contributed by atoms with E-state index < -0.39 is 0 Å². The number of alkyl halides is 1. The van der Waals surface area contributed by atoms with Crippen LogP contribution in [0.25, 0.3) is 11.2 Å². The second kappa shape index (κ2) is 6.62. The van der Waals surface area contributed by atoms with Crippen LogP contribution in [-0.2, 0) is 6.42 Å². The Balaban J connectivity index is 2.48. The highest BCUT2D eigenvalue weighted by molar-refractivity contribution is 7.98. The first-order valence-electron chi connectivity index (χ1n) is 6.56. The van der Waals surface area contributed by atoms with Gasteiger partial charge in [-0.15, -0.1) is 11.6 Å². The molecule has 0 bridgehead atoms. The average molecular weight is 298 g/mol. The maximum absolute atomic E-state index is 5.91. The summed E-state index contributed by atoms with van der Waals surface area (Å²) in [5.74, 6) is 2.80. The molecule has 1 atom stereocenters. The van der Waals surface area contributed by atoms with Crippen molar-refractivity contribution in [3.05, 3.63) is 23.7 Å². The van der Waals surface area contributed by atoms with E-state index in [9.17, 15) is 0 Å². The van der Waals surface area contributed by atoms with E-state index in [1.165, 1.54) is 5.56 Å². The quantitative estimate of drug-likeness (QED) is 0.759. The Bertz CT molecular complexity index is 553. The van der Waals surface area contributed by atoms with Gasteiger partial charge in [-0.1, -0.05) is 0 Å². The van der Waals surface area contributed by atoms with E-state index in [-0.39, 0.29) is 0 Å². The number of fused-ring (bicyclic) bond motifs is 1. The number of rotatable bonds is 6. The Kier molecular flexibility index (Phi) is 5.11. The van der Waals surface area contributed by atoms with Gasteiger partial charge >= 0.3 is 0 Å². The van der Waals surface area contributed by atoms with E-state index in [1.54, 1.807) is 0 Å². The molecular formula is C14H20ClN3S. The third-order valence-electron chi connectivity index (χ3n) is 3.35. The maximum Gasteiger partial charge on any atom is 0.160 e. The van der Waals surface area contributed by atoms with Gasteiger partial charge < -0.3 is 4.57 Å². The molecule has 5 heteroatoms. The molecule has 0 aliphatic carbocycles. The van der Waals surface area contributed by atoms with E-state index in [0.717, 1.165) is 35.6 Å². The van der Waals surface area contributed by atoms with E-state index >= 15 is 0 Å². The number of pyridine rings is 1. The number of nitrogens with zero attached hydrogens (tertiary/aromatic N) is 3. The molecule has 0 N–H and O–H groups in total. The zero-order valence-electron chi connectivity index (χ0n) is 11.7. The zero-order valence-corrected chi connectivity index (χ0v) is 13.3. The molecule has 0 saturated carbocycles. The van der Waals surface area contributed by atoms with Crippen molar-refractivity contribution in [1.29, 1.82) is 0 Å². The summed E-state index contributed by atoms with van der Waals surface area (Å²) in [7, 11) is 0. The van der Waals surface area contributed by atoms with Crippen molar-refractivity contribution in [2.75, 3.05) is 17.9 Å². The van der Waals surface area contributed by atoms with Gasteiger partial charge in [0.25, 0.3) is 0 Å². The third kappa shape index (κ3) is 3.06. The number of halogens is 1. The first kappa shape index (κ1) is 14.7. The van der Waals surface area contributed by atoms with Crippen molar-refractivity contribution < 1.29 is 0 Å². The van der Waals surface area contributed by atoms with Crippen molar-refractivity contribution in [1.82, 2.24) is 14.5 Å². The van der Waals surface area contributed by atoms with Crippen LogP contribution in [0, 0.1) is 6.92 Å². The number of aromatic nitrogens is 3. The Morgan fingerprint density at radius 3 is 2.95 bits per heavy atom. The molecule has 2 aromatic rings. The van der Waals surface area contributed by atoms with Crippen molar-refractivity contribution in [3.8, 4) is 0 Å². The number of hydrogen-bond acceptors (Lipinski definition) is 3. The van der Waals surface area contributed by atoms with E-state index in [1.807, 2.05) is 24.0 Å².